The molecule has 3 aromatic rings. The number of anilines is 1. The Morgan fingerprint density at radius 1 is 1.16 bits per heavy atom. The molecule has 0 spiro atoms. The molecule has 128 valence electrons. The third-order valence-electron chi connectivity index (χ3n) is 4.79. The lowest BCUT2D eigenvalue weighted by Crippen LogP contribution is -2.15. The summed E-state index contributed by atoms with van der Waals surface area (Å²) in [5.74, 6) is 1.46. The highest BCUT2D eigenvalue weighted by atomic mass is 16.1. The van der Waals surface area contributed by atoms with E-state index in [0.717, 1.165) is 47.6 Å². The molecule has 0 bridgehead atoms. The number of para-hydroxylation sites is 3. The van der Waals surface area contributed by atoms with Crippen LogP contribution < -0.4 is 10.6 Å². The summed E-state index contributed by atoms with van der Waals surface area (Å²) < 4.78 is 0. The van der Waals surface area contributed by atoms with Crippen molar-refractivity contribution >= 4 is 22.6 Å². The van der Waals surface area contributed by atoms with Gasteiger partial charge in [-0.2, -0.15) is 0 Å². The molecule has 0 radical (unpaired) electrons. The van der Waals surface area contributed by atoms with Gasteiger partial charge in [0.05, 0.1) is 16.7 Å². The van der Waals surface area contributed by atoms with Gasteiger partial charge in [0.25, 0.3) is 0 Å². The SMILES string of the molecule is O=C(CCC1CCNC1)Nc1ccccc1-c1nc2ccccc2[nH]1. The monoisotopic (exact) mass is 334 g/mol. The van der Waals surface area contributed by atoms with E-state index in [1.54, 1.807) is 0 Å². The number of aromatic amines is 1. The minimum absolute atomic E-state index is 0.0652. The molecule has 2 aromatic carbocycles. The first-order valence-corrected chi connectivity index (χ1v) is 8.84. The standard InChI is InChI=1S/C20H22N4O/c25-19(10-9-14-11-12-21-13-14)22-16-6-2-1-5-15(16)20-23-17-7-3-4-8-18(17)24-20/h1-8,14,21H,9-13H2,(H,22,25)(H,23,24). The maximum Gasteiger partial charge on any atom is 0.224 e. The molecular formula is C20H22N4O. The third-order valence-corrected chi connectivity index (χ3v) is 4.79. The van der Waals surface area contributed by atoms with Crippen molar-refractivity contribution in [2.45, 2.75) is 19.3 Å². The van der Waals surface area contributed by atoms with Crippen LogP contribution in [0.2, 0.25) is 0 Å². The zero-order valence-corrected chi connectivity index (χ0v) is 14.1. The quantitative estimate of drug-likeness (QED) is 0.668. The van der Waals surface area contributed by atoms with Crippen LogP contribution in [0, 0.1) is 5.92 Å². The van der Waals surface area contributed by atoms with Gasteiger partial charge in [0.15, 0.2) is 0 Å². The second kappa shape index (κ2) is 7.07. The van der Waals surface area contributed by atoms with E-state index in [-0.39, 0.29) is 5.91 Å². The van der Waals surface area contributed by atoms with Crippen molar-refractivity contribution in [3.05, 3.63) is 48.5 Å². The van der Waals surface area contributed by atoms with Gasteiger partial charge in [-0.3, -0.25) is 4.79 Å². The summed E-state index contributed by atoms with van der Waals surface area (Å²) in [4.78, 5) is 20.3. The number of hydrogen-bond donors (Lipinski definition) is 3. The predicted octanol–water partition coefficient (Wildman–Crippen LogP) is 3.56. The van der Waals surface area contributed by atoms with E-state index >= 15 is 0 Å². The Bertz CT molecular complexity index is 847. The van der Waals surface area contributed by atoms with Crippen molar-refractivity contribution < 1.29 is 4.79 Å². The second-order valence-electron chi connectivity index (χ2n) is 6.59. The normalized spacial score (nSPS) is 17.0. The van der Waals surface area contributed by atoms with E-state index in [1.165, 1.54) is 6.42 Å². The number of fused-ring (bicyclic) bond motifs is 1. The number of carbonyl (C=O) groups is 1. The molecule has 1 amide bonds. The molecule has 0 aliphatic carbocycles. The zero-order chi connectivity index (χ0) is 17.1. The Morgan fingerprint density at radius 3 is 2.84 bits per heavy atom. The zero-order valence-electron chi connectivity index (χ0n) is 14.1. The highest BCUT2D eigenvalue weighted by Crippen LogP contribution is 2.27. The van der Waals surface area contributed by atoms with Gasteiger partial charge in [-0.15, -0.1) is 0 Å². The van der Waals surface area contributed by atoms with E-state index in [9.17, 15) is 4.79 Å². The smallest absolute Gasteiger partial charge is 0.224 e. The number of rotatable bonds is 5. The molecule has 1 fully saturated rings. The van der Waals surface area contributed by atoms with Crippen molar-refractivity contribution in [1.82, 2.24) is 15.3 Å². The summed E-state index contributed by atoms with van der Waals surface area (Å²) in [5.41, 5.74) is 3.63. The molecule has 1 saturated heterocycles. The summed E-state index contributed by atoms with van der Waals surface area (Å²) in [5, 5.41) is 6.40. The number of benzene rings is 2. The first-order valence-electron chi connectivity index (χ1n) is 8.84. The van der Waals surface area contributed by atoms with Crippen LogP contribution in [0.25, 0.3) is 22.4 Å². The van der Waals surface area contributed by atoms with Crippen LogP contribution >= 0.6 is 0 Å². The summed E-state index contributed by atoms with van der Waals surface area (Å²) in [7, 11) is 0. The number of nitrogens with zero attached hydrogens (tertiary/aromatic N) is 1. The first-order chi connectivity index (χ1) is 12.3. The highest BCUT2D eigenvalue weighted by Gasteiger charge is 2.17. The average molecular weight is 334 g/mol. The van der Waals surface area contributed by atoms with Crippen LogP contribution in [0.4, 0.5) is 5.69 Å². The average Bonchev–Trinajstić information content (AvgIpc) is 3.30. The number of H-pyrrole nitrogens is 1. The third kappa shape index (κ3) is 3.56. The van der Waals surface area contributed by atoms with E-state index in [4.69, 9.17) is 0 Å². The Kier molecular flexibility index (Phi) is 4.48. The van der Waals surface area contributed by atoms with Gasteiger partial charge in [0, 0.05) is 12.0 Å². The number of amides is 1. The van der Waals surface area contributed by atoms with Gasteiger partial charge >= 0.3 is 0 Å². The Hall–Kier alpha value is -2.66. The van der Waals surface area contributed by atoms with Crippen LogP contribution in [0.3, 0.4) is 0 Å². The second-order valence-corrected chi connectivity index (χ2v) is 6.59. The van der Waals surface area contributed by atoms with Crippen LogP contribution in [0.5, 0.6) is 0 Å². The minimum Gasteiger partial charge on any atom is -0.338 e. The van der Waals surface area contributed by atoms with Gasteiger partial charge < -0.3 is 15.6 Å². The van der Waals surface area contributed by atoms with Gasteiger partial charge in [0.2, 0.25) is 5.91 Å². The molecule has 1 unspecified atom stereocenters. The molecule has 0 saturated carbocycles. The van der Waals surface area contributed by atoms with E-state index in [1.807, 2.05) is 48.5 Å². The molecule has 4 rings (SSSR count). The Morgan fingerprint density at radius 2 is 2.00 bits per heavy atom. The highest BCUT2D eigenvalue weighted by molar-refractivity contribution is 5.95. The number of nitrogens with one attached hydrogen (secondary N) is 3. The lowest BCUT2D eigenvalue weighted by atomic mass is 10.0. The molecule has 3 N–H and O–H groups in total. The largest absolute Gasteiger partial charge is 0.338 e. The van der Waals surface area contributed by atoms with Crippen LogP contribution in [-0.4, -0.2) is 29.0 Å². The molecule has 5 nitrogen and oxygen atoms in total. The van der Waals surface area contributed by atoms with E-state index in [2.05, 4.69) is 20.6 Å². The fraction of sp³-hybridized carbons (Fsp3) is 0.300. The minimum atomic E-state index is 0.0652. The van der Waals surface area contributed by atoms with E-state index in [0.29, 0.717) is 12.3 Å². The lowest BCUT2D eigenvalue weighted by Gasteiger charge is -2.11. The summed E-state index contributed by atoms with van der Waals surface area (Å²) >= 11 is 0. The summed E-state index contributed by atoms with van der Waals surface area (Å²) in [6.07, 6.45) is 2.66. The molecule has 1 aliphatic heterocycles. The predicted molar refractivity (Wildman–Crippen MR) is 100 cm³/mol. The Balaban J connectivity index is 1.51. The fourth-order valence-electron chi connectivity index (χ4n) is 3.39. The fourth-order valence-corrected chi connectivity index (χ4v) is 3.39. The molecule has 2 heterocycles. The number of imidazole rings is 1. The van der Waals surface area contributed by atoms with Crippen LogP contribution in [0.1, 0.15) is 19.3 Å². The van der Waals surface area contributed by atoms with Crippen molar-refractivity contribution in [3.63, 3.8) is 0 Å². The maximum absolute atomic E-state index is 12.4. The molecule has 1 aromatic heterocycles. The number of aromatic nitrogens is 2. The maximum atomic E-state index is 12.4. The first kappa shape index (κ1) is 15.8. The van der Waals surface area contributed by atoms with E-state index < -0.39 is 0 Å². The molecular weight excluding hydrogens is 312 g/mol. The number of hydrogen-bond acceptors (Lipinski definition) is 3. The lowest BCUT2D eigenvalue weighted by molar-refractivity contribution is -0.116. The van der Waals surface area contributed by atoms with Crippen molar-refractivity contribution in [2.24, 2.45) is 5.92 Å². The van der Waals surface area contributed by atoms with Crippen LogP contribution in [-0.2, 0) is 4.79 Å². The van der Waals surface area contributed by atoms with Crippen LogP contribution in [0.15, 0.2) is 48.5 Å². The molecule has 25 heavy (non-hydrogen) atoms. The van der Waals surface area contributed by atoms with Gasteiger partial charge in [0.1, 0.15) is 5.82 Å². The Labute approximate surface area is 146 Å². The molecule has 5 heteroatoms. The summed E-state index contributed by atoms with van der Waals surface area (Å²) in [6.45, 7) is 2.10. The van der Waals surface area contributed by atoms with Gasteiger partial charge in [-0.1, -0.05) is 24.3 Å². The topological polar surface area (TPSA) is 69.8 Å². The molecule has 1 aliphatic rings. The van der Waals surface area contributed by atoms with Crippen molar-refractivity contribution in [2.75, 3.05) is 18.4 Å². The van der Waals surface area contributed by atoms with Crippen molar-refractivity contribution in [1.29, 1.82) is 0 Å². The summed E-state index contributed by atoms with van der Waals surface area (Å²) in [6, 6.07) is 15.7. The van der Waals surface area contributed by atoms with Crippen molar-refractivity contribution in [3.8, 4) is 11.4 Å². The number of carbonyl (C=O) groups excluding carboxylic acids is 1. The molecule has 1 atom stereocenters. The van der Waals surface area contributed by atoms with Gasteiger partial charge in [-0.05, 0) is 56.1 Å². The van der Waals surface area contributed by atoms with Gasteiger partial charge in [-0.25, -0.2) is 4.98 Å².